The second-order valence-corrected chi connectivity index (χ2v) is 13.2. The van der Waals surface area contributed by atoms with Crippen LogP contribution in [0.25, 0.3) is 0 Å². The SMILES string of the molecule is CCOc1ccc(N2CC=C[C@@]3(C)O[C@]45C=CCN(c6c(C)cccc6Cl)C(=O)C4N([C@@H](CO)C(C)C)C(=O)[C@@H]5[C@H]3C2=O)cc1. The number of amides is 3. The van der Waals surface area contributed by atoms with Crippen LogP contribution in [0.4, 0.5) is 11.4 Å². The van der Waals surface area contributed by atoms with E-state index < -0.39 is 35.1 Å². The molecule has 45 heavy (non-hydrogen) atoms. The van der Waals surface area contributed by atoms with Crippen LogP contribution in [-0.2, 0) is 19.1 Å². The number of benzene rings is 2. The van der Waals surface area contributed by atoms with Gasteiger partial charge in [-0.3, -0.25) is 14.4 Å². The van der Waals surface area contributed by atoms with E-state index in [0.717, 1.165) is 5.56 Å². The second-order valence-electron chi connectivity index (χ2n) is 12.8. The van der Waals surface area contributed by atoms with Gasteiger partial charge in [0.05, 0.1) is 47.4 Å². The van der Waals surface area contributed by atoms with Crippen molar-refractivity contribution in [2.75, 3.05) is 36.1 Å². The van der Waals surface area contributed by atoms with Crippen molar-refractivity contribution in [3.8, 4) is 5.75 Å². The van der Waals surface area contributed by atoms with Crippen LogP contribution in [0.5, 0.6) is 5.75 Å². The number of para-hydroxylation sites is 1. The monoisotopic (exact) mass is 633 g/mol. The fourth-order valence-corrected chi connectivity index (χ4v) is 8.05. The first-order valence-corrected chi connectivity index (χ1v) is 16.0. The highest BCUT2D eigenvalue weighted by atomic mass is 35.5. The van der Waals surface area contributed by atoms with Gasteiger partial charge >= 0.3 is 0 Å². The molecule has 2 fully saturated rings. The van der Waals surface area contributed by atoms with Crippen molar-refractivity contribution in [1.82, 2.24) is 4.90 Å². The first-order chi connectivity index (χ1) is 21.5. The van der Waals surface area contributed by atoms with Crippen molar-refractivity contribution < 1.29 is 29.0 Å². The topological polar surface area (TPSA) is 99.6 Å². The van der Waals surface area contributed by atoms with E-state index in [1.165, 1.54) is 4.90 Å². The molecule has 0 saturated carbocycles. The molecule has 0 bridgehead atoms. The lowest BCUT2D eigenvalue weighted by atomic mass is 9.74. The summed E-state index contributed by atoms with van der Waals surface area (Å²) in [5, 5.41) is 11.0. The molecule has 6 rings (SSSR count). The van der Waals surface area contributed by atoms with Crippen LogP contribution < -0.4 is 14.5 Å². The average molecular weight is 634 g/mol. The molecule has 0 radical (unpaired) electrons. The smallest absolute Gasteiger partial charge is 0.253 e. The van der Waals surface area contributed by atoms with Gasteiger partial charge in [0.2, 0.25) is 11.8 Å². The number of anilines is 2. The molecule has 2 saturated heterocycles. The molecule has 4 aliphatic rings. The number of hydrogen-bond acceptors (Lipinski definition) is 6. The highest BCUT2D eigenvalue weighted by molar-refractivity contribution is 6.34. The van der Waals surface area contributed by atoms with Crippen LogP contribution >= 0.6 is 11.6 Å². The Morgan fingerprint density at radius 3 is 2.31 bits per heavy atom. The fraction of sp³-hybridized carbons (Fsp3) is 0.457. The maximum absolute atomic E-state index is 14.8. The quantitative estimate of drug-likeness (QED) is 0.450. The standard InChI is InChI=1S/C35H40ClN3O6/c1-6-44-24-14-12-23(13-15-24)37-18-8-16-34(5)27(31(37)41)28-32(42)39(26(20-40)21(2)3)30-33(43)38(19-9-17-35(28,30)45-34)29-22(4)10-7-11-25(29)36/h7-17,21,26-28,30,40H,6,18-20H2,1-5H3/t26-,27-,28-,30?,34+,35-/m0/s1. The van der Waals surface area contributed by atoms with Crippen LogP contribution in [0, 0.1) is 24.7 Å². The van der Waals surface area contributed by atoms with E-state index in [1.54, 1.807) is 21.9 Å². The van der Waals surface area contributed by atoms with Gasteiger partial charge in [-0.05, 0) is 62.6 Å². The van der Waals surface area contributed by atoms with Crippen LogP contribution in [0.2, 0.25) is 5.02 Å². The summed E-state index contributed by atoms with van der Waals surface area (Å²) in [6, 6.07) is 10.9. The van der Waals surface area contributed by atoms with Gasteiger partial charge in [0.15, 0.2) is 0 Å². The van der Waals surface area contributed by atoms with Crippen LogP contribution in [0.15, 0.2) is 66.8 Å². The number of aliphatic hydroxyl groups excluding tert-OH is 1. The van der Waals surface area contributed by atoms with E-state index in [0.29, 0.717) is 35.3 Å². The lowest BCUT2D eigenvalue weighted by Crippen LogP contribution is -2.59. The van der Waals surface area contributed by atoms with Gasteiger partial charge in [0.25, 0.3) is 5.91 Å². The number of fused-ring (bicyclic) bond motifs is 2. The summed E-state index contributed by atoms with van der Waals surface area (Å²) in [5.74, 6) is -2.44. The molecule has 10 heteroatoms. The molecule has 4 aliphatic heterocycles. The Kier molecular flexibility index (Phi) is 8.08. The van der Waals surface area contributed by atoms with Crippen molar-refractivity contribution in [3.05, 3.63) is 77.4 Å². The van der Waals surface area contributed by atoms with Crippen LogP contribution in [-0.4, -0.2) is 77.3 Å². The number of carbonyl (C=O) groups excluding carboxylic acids is 3. The lowest BCUT2D eigenvalue weighted by molar-refractivity contribution is -0.149. The third-order valence-electron chi connectivity index (χ3n) is 9.73. The van der Waals surface area contributed by atoms with Gasteiger partial charge in [-0.15, -0.1) is 0 Å². The Labute approximate surface area is 269 Å². The maximum Gasteiger partial charge on any atom is 0.253 e. The zero-order valence-electron chi connectivity index (χ0n) is 26.3. The molecular weight excluding hydrogens is 594 g/mol. The molecule has 0 aliphatic carbocycles. The molecule has 1 spiro atoms. The summed E-state index contributed by atoms with van der Waals surface area (Å²) >= 11 is 6.66. The highest BCUT2D eigenvalue weighted by Gasteiger charge is 2.75. The summed E-state index contributed by atoms with van der Waals surface area (Å²) in [4.78, 5) is 49.0. The van der Waals surface area contributed by atoms with E-state index in [-0.39, 0.29) is 36.8 Å². The number of carbonyl (C=O) groups is 3. The first-order valence-electron chi connectivity index (χ1n) is 15.6. The second kappa shape index (κ2) is 11.6. The van der Waals surface area contributed by atoms with Gasteiger partial charge in [-0.2, -0.15) is 0 Å². The van der Waals surface area contributed by atoms with Crippen molar-refractivity contribution >= 4 is 40.7 Å². The molecule has 4 heterocycles. The normalized spacial score (nSPS) is 29.9. The summed E-state index contributed by atoms with van der Waals surface area (Å²) in [7, 11) is 0. The van der Waals surface area contributed by atoms with Crippen molar-refractivity contribution in [2.45, 2.75) is 57.9 Å². The van der Waals surface area contributed by atoms with Crippen molar-refractivity contribution in [1.29, 1.82) is 0 Å². The minimum absolute atomic E-state index is 0.179. The Morgan fingerprint density at radius 2 is 1.67 bits per heavy atom. The zero-order chi connectivity index (χ0) is 32.3. The molecule has 238 valence electrons. The largest absolute Gasteiger partial charge is 0.494 e. The molecule has 0 aromatic heterocycles. The van der Waals surface area contributed by atoms with Gasteiger partial charge in [0, 0.05) is 18.8 Å². The predicted molar refractivity (Wildman–Crippen MR) is 172 cm³/mol. The third-order valence-corrected chi connectivity index (χ3v) is 10.0. The van der Waals surface area contributed by atoms with E-state index in [2.05, 4.69) is 0 Å². The Bertz CT molecular complexity index is 1550. The van der Waals surface area contributed by atoms with E-state index >= 15 is 0 Å². The highest BCUT2D eigenvalue weighted by Crippen LogP contribution is 2.58. The minimum atomic E-state index is -1.46. The molecule has 3 amide bonds. The zero-order valence-corrected chi connectivity index (χ0v) is 27.0. The first kappa shape index (κ1) is 31.3. The molecule has 1 unspecified atom stereocenters. The number of aryl methyl sites for hydroxylation is 1. The average Bonchev–Trinajstić information content (AvgIpc) is 3.26. The summed E-state index contributed by atoms with van der Waals surface area (Å²) in [6.45, 7) is 10.1. The van der Waals surface area contributed by atoms with Crippen LogP contribution in [0.1, 0.15) is 33.3 Å². The number of rotatable bonds is 7. The van der Waals surface area contributed by atoms with Gasteiger partial charge in [-0.25, -0.2) is 0 Å². The van der Waals surface area contributed by atoms with Gasteiger partial charge < -0.3 is 29.3 Å². The molecule has 1 N–H and O–H groups in total. The Hall–Kier alpha value is -3.66. The summed E-state index contributed by atoms with van der Waals surface area (Å²) in [5.41, 5.74) is -0.595. The van der Waals surface area contributed by atoms with E-state index in [1.807, 2.05) is 89.2 Å². The number of ether oxygens (including phenoxy) is 2. The molecular formula is C35H40ClN3O6. The molecule has 2 aromatic rings. The van der Waals surface area contributed by atoms with E-state index in [4.69, 9.17) is 21.1 Å². The summed E-state index contributed by atoms with van der Waals surface area (Å²) in [6.07, 6.45) is 7.38. The fourth-order valence-electron chi connectivity index (χ4n) is 7.73. The number of hydrogen-bond donors (Lipinski definition) is 1. The Balaban J connectivity index is 1.49. The maximum atomic E-state index is 14.8. The molecule has 2 aromatic carbocycles. The molecule has 6 atom stereocenters. The number of aliphatic hydroxyl groups is 1. The van der Waals surface area contributed by atoms with Crippen LogP contribution in [0.3, 0.4) is 0 Å². The number of halogens is 1. The van der Waals surface area contributed by atoms with Crippen molar-refractivity contribution in [3.63, 3.8) is 0 Å². The van der Waals surface area contributed by atoms with E-state index in [9.17, 15) is 19.5 Å². The predicted octanol–water partition coefficient (Wildman–Crippen LogP) is 4.54. The minimum Gasteiger partial charge on any atom is -0.494 e. The van der Waals surface area contributed by atoms with Crippen molar-refractivity contribution in [2.24, 2.45) is 17.8 Å². The number of likely N-dealkylation sites (tertiary alicyclic amines) is 1. The summed E-state index contributed by atoms with van der Waals surface area (Å²) < 4.78 is 12.6. The molecule has 9 nitrogen and oxygen atoms in total. The Morgan fingerprint density at radius 1 is 0.978 bits per heavy atom. The van der Waals surface area contributed by atoms with Gasteiger partial charge in [0.1, 0.15) is 17.4 Å². The number of nitrogens with zero attached hydrogens (tertiary/aromatic N) is 3. The van der Waals surface area contributed by atoms with Gasteiger partial charge in [-0.1, -0.05) is 61.9 Å². The lowest BCUT2D eigenvalue weighted by Gasteiger charge is -2.41. The third kappa shape index (κ3) is 4.78.